The van der Waals surface area contributed by atoms with E-state index in [1.165, 1.54) is 0 Å². The molecule has 1 rings (SSSR count). The fourth-order valence-corrected chi connectivity index (χ4v) is 2.41. The van der Waals surface area contributed by atoms with E-state index in [0.29, 0.717) is 6.61 Å². The average molecular weight is 327 g/mol. The van der Waals surface area contributed by atoms with Gasteiger partial charge >= 0.3 is 5.97 Å². The molecule has 1 aromatic carbocycles. The molecule has 0 spiro atoms. The zero-order valence-electron chi connectivity index (χ0n) is 11.5. The molecule has 1 unspecified atom stereocenters. The first-order valence-electron chi connectivity index (χ1n) is 6.39. The van der Waals surface area contributed by atoms with E-state index in [1.807, 2.05) is 38.1 Å². The standard InChI is InChI=1S/C15H19BrO3/c1-4-19-15(18)14(10(2)3)13(17)9-11-6-5-7-12(16)8-11/h5-8,10,14H,4,9H2,1-3H3. The maximum Gasteiger partial charge on any atom is 0.316 e. The molecule has 0 amide bonds. The minimum Gasteiger partial charge on any atom is -0.465 e. The number of benzene rings is 1. The van der Waals surface area contributed by atoms with E-state index >= 15 is 0 Å². The summed E-state index contributed by atoms with van der Waals surface area (Å²) < 4.78 is 5.90. The first-order chi connectivity index (χ1) is 8.95. The van der Waals surface area contributed by atoms with Crippen LogP contribution < -0.4 is 0 Å². The Kier molecular flexibility index (Phi) is 6.22. The molecule has 0 N–H and O–H groups in total. The summed E-state index contributed by atoms with van der Waals surface area (Å²) in [6.45, 7) is 5.76. The quantitative estimate of drug-likeness (QED) is 0.594. The molecule has 1 aromatic rings. The Morgan fingerprint density at radius 3 is 2.53 bits per heavy atom. The maximum atomic E-state index is 12.3. The lowest BCUT2D eigenvalue weighted by molar-refractivity contribution is -0.153. The summed E-state index contributed by atoms with van der Waals surface area (Å²) in [6.07, 6.45) is 0.251. The highest BCUT2D eigenvalue weighted by molar-refractivity contribution is 9.10. The molecule has 0 aliphatic carbocycles. The van der Waals surface area contributed by atoms with Crippen LogP contribution in [0.5, 0.6) is 0 Å². The van der Waals surface area contributed by atoms with Crippen molar-refractivity contribution in [1.82, 2.24) is 0 Å². The lowest BCUT2D eigenvalue weighted by Gasteiger charge is -2.17. The van der Waals surface area contributed by atoms with Crippen LogP contribution in [0, 0.1) is 11.8 Å². The van der Waals surface area contributed by atoms with Crippen LogP contribution in [-0.2, 0) is 20.7 Å². The number of ether oxygens (including phenoxy) is 1. The second kappa shape index (κ2) is 7.43. The van der Waals surface area contributed by atoms with E-state index in [1.54, 1.807) is 6.92 Å². The molecule has 0 aliphatic rings. The molecule has 0 aliphatic heterocycles. The van der Waals surface area contributed by atoms with Crippen molar-refractivity contribution in [1.29, 1.82) is 0 Å². The summed E-state index contributed by atoms with van der Waals surface area (Å²) in [5, 5.41) is 0. The number of carbonyl (C=O) groups excluding carboxylic acids is 2. The molecular weight excluding hydrogens is 308 g/mol. The average Bonchev–Trinajstić information content (AvgIpc) is 2.28. The number of Topliss-reactive ketones (excluding diaryl/α,β-unsaturated/α-hetero) is 1. The van der Waals surface area contributed by atoms with Gasteiger partial charge in [0.25, 0.3) is 0 Å². The zero-order valence-corrected chi connectivity index (χ0v) is 13.1. The highest BCUT2D eigenvalue weighted by atomic mass is 79.9. The number of carbonyl (C=O) groups is 2. The molecule has 0 saturated heterocycles. The van der Waals surface area contributed by atoms with Crippen molar-refractivity contribution >= 4 is 27.7 Å². The van der Waals surface area contributed by atoms with Gasteiger partial charge in [-0.25, -0.2) is 0 Å². The molecule has 0 aromatic heterocycles. The fourth-order valence-electron chi connectivity index (χ4n) is 1.97. The van der Waals surface area contributed by atoms with Crippen LogP contribution in [0.3, 0.4) is 0 Å². The Morgan fingerprint density at radius 2 is 2.00 bits per heavy atom. The summed E-state index contributed by atoms with van der Waals surface area (Å²) in [5.41, 5.74) is 0.898. The van der Waals surface area contributed by atoms with Crippen LogP contribution in [0.4, 0.5) is 0 Å². The molecule has 0 heterocycles. The summed E-state index contributed by atoms with van der Waals surface area (Å²) >= 11 is 3.37. The molecule has 4 heteroatoms. The van der Waals surface area contributed by atoms with Crippen LogP contribution in [0.1, 0.15) is 26.3 Å². The first kappa shape index (κ1) is 15.9. The molecule has 0 bridgehead atoms. The van der Waals surface area contributed by atoms with Gasteiger partial charge in [0.2, 0.25) is 0 Å². The minimum atomic E-state index is -0.682. The van der Waals surface area contributed by atoms with Gasteiger partial charge in [0.05, 0.1) is 6.61 Å². The van der Waals surface area contributed by atoms with Gasteiger partial charge in [0.1, 0.15) is 5.92 Å². The monoisotopic (exact) mass is 326 g/mol. The second-order valence-corrected chi connectivity index (χ2v) is 5.66. The van der Waals surface area contributed by atoms with Gasteiger partial charge in [-0.2, -0.15) is 0 Å². The zero-order chi connectivity index (χ0) is 14.4. The van der Waals surface area contributed by atoms with E-state index in [-0.39, 0.29) is 18.1 Å². The van der Waals surface area contributed by atoms with Gasteiger partial charge < -0.3 is 4.74 Å². The van der Waals surface area contributed by atoms with Crippen LogP contribution >= 0.6 is 15.9 Å². The van der Waals surface area contributed by atoms with Crippen molar-refractivity contribution in [3.63, 3.8) is 0 Å². The van der Waals surface area contributed by atoms with E-state index in [9.17, 15) is 9.59 Å². The summed E-state index contributed by atoms with van der Waals surface area (Å²) in [7, 11) is 0. The van der Waals surface area contributed by atoms with Crippen molar-refractivity contribution in [2.45, 2.75) is 27.2 Å². The first-order valence-corrected chi connectivity index (χ1v) is 7.18. The molecule has 1 atom stereocenters. The number of hydrogen-bond donors (Lipinski definition) is 0. The molecular formula is C15H19BrO3. The predicted molar refractivity (Wildman–Crippen MR) is 77.8 cm³/mol. The Labute approximate surface area is 122 Å². The van der Waals surface area contributed by atoms with Crippen molar-refractivity contribution in [2.24, 2.45) is 11.8 Å². The van der Waals surface area contributed by atoms with Crippen LogP contribution in [0.15, 0.2) is 28.7 Å². The van der Waals surface area contributed by atoms with Crippen LogP contribution in [-0.4, -0.2) is 18.4 Å². The number of ketones is 1. The summed E-state index contributed by atoms with van der Waals surface area (Å²) in [4.78, 5) is 24.1. The normalized spacial score (nSPS) is 12.3. The fraction of sp³-hybridized carbons (Fsp3) is 0.467. The van der Waals surface area contributed by atoms with E-state index in [4.69, 9.17) is 4.74 Å². The van der Waals surface area contributed by atoms with Gasteiger partial charge in [0.15, 0.2) is 5.78 Å². The molecule has 0 saturated carbocycles. The molecule has 19 heavy (non-hydrogen) atoms. The Bertz CT molecular complexity index is 454. The predicted octanol–water partition coefficient (Wildman–Crippen LogP) is 3.40. The minimum absolute atomic E-state index is 0.0568. The largest absolute Gasteiger partial charge is 0.465 e. The van der Waals surface area contributed by atoms with E-state index in [2.05, 4.69) is 15.9 Å². The van der Waals surface area contributed by atoms with Crippen LogP contribution in [0.25, 0.3) is 0 Å². The van der Waals surface area contributed by atoms with Gasteiger partial charge in [-0.05, 0) is 30.5 Å². The third kappa shape index (κ3) is 4.78. The molecule has 0 fully saturated rings. The number of halogens is 1. The van der Waals surface area contributed by atoms with Gasteiger partial charge in [-0.1, -0.05) is 41.9 Å². The van der Waals surface area contributed by atoms with Gasteiger partial charge in [-0.3, -0.25) is 9.59 Å². The lowest BCUT2D eigenvalue weighted by atomic mass is 9.88. The SMILES string of the molecule is CCOC(=O)C(C(=O)Cc1cccc(Br)c1)C(C)C. The number of esters is 1. The second-order valence-electron chi connectivity index (χ2n) is 4.75. The van der Waals surface area contributed by atoms with Crippen molar-refractivity contribution in [2.75, 3.05) is 6.61 Å². The lowest BCUT2D eigenvalue weighted by Crippen LogP contribution is -2.31. The Hall–Kier alpha value is -1.16. The maximum absolute atomic E-state index is 12.3. The van der Waals surface area contributed by atoms with Crippen molar-refractivity contribution < 1.29 is 14.3 Å². The molecule has 0 radical (unpaired) electrons. The Morgan fingerprint density at radius 1 is 1.32 bits per heavy atom. The highest BCUT2D eigenvalue weighted by Crippen LogP contribution is 2.19. The van der Waals surface area contributed by atoms with Crippen molar-refractivity contribution in [3.8, 4) is 0 Å². The molecule has 104 valence electrons. The number of hydrogen-bond acceptors (Lipinski definition) is 3. The smallest absolute Gasteiger partial charge is 0.316 e. The Balaban J connectivity index is 2.80. The van der Waals surface area contributed by atoms with Gasteiger partial charge in [-0.15, -0.1) is 0 Å². The number of rotatable bonds is 6. The summed E-state index contributed by atoms with van der Waals surface area (Å²) in [6, 6.07) is 7.55. The topological polar surface area (TPSA) is 43.4 Å². The highest BCUT2D eigenvalue weighted by Gasteiger charge is 2.30. The third-order valence-electron chi connectivity index (χ3n) is 2.82. The van der Waals surface area contributed by atoms with Crippen molar-refractivity contribution in [3.05, 3.63) is 34.3 Å². The van der Waals surface area contributed by atoms with Crippen LogP contribution in [0.2, 0.25) is 0 Å². The van der Waals surface area contributed by atoms with E-state index in [0.717, 1.165) is 10.0 Å². The summed E-state index contributed by atoms with van der Waals surface area (Å²) in [5.74, 6) is -1.25. The molecule has 3 nitrogen and oxygen atoms in total. The third-order valence-corrected chi connectivity index (χ3v) is 3.31. The van der Waals surface area contributed by atoms with E-state index < -0.39 is 11.9 Å². The van der Waals surface area contributed by atoms with Gasteiger partial charge in [0, 0.05) is 10.9 Å².